The summed E-state index contributed by atoms with van der Waals surface area (Å²) in [7, 11) is 0. The van der Waals surface area contributed by atoms with Crippen LogP contribution in [0.2, 0.25) is 0 Å². The molecule has 23 heavy (non-hydrogen) atoms. The molecule has 0 aliphatic heterocycles. The fourth-order valence-corrected chi connectivity index (χ4v) is 2.97. The number of rotatable bonds is 2. The van der Waals surface area contributed by atoms with E-state index in [2.05, 4.69) is 28.1 Å². The molecule has 5 heteroatoms. The molecule has 1 aliphatic carbocycles. The Morgan fingerprint density at radius 2 is 2.30 bits per heavy atom. The van der Waals surface area contributed by atoms with E-state index in [1.807, 2.05) is 47.6 Å². The van der Waals surface area contributed by atoms with Crippen molar-refractivity contribution in [2.24, 2.45) is 5.92 Å². The average molecular weight is 301 g/mol. The first-order valence-corrected chi connectivity index (χ1v) is 7.55. The molecular weight excluding hydrogens is 286 g/mol. The predicted octanol–water partition coefficient (Wildman–Crippen LogP) is 3.76. The molecular formula is C18H15N5. The van der Waals surface area contributed by atoms with Crippen LogP contribution in [0.1, 0.15) is 13.3 Å². The molecule has 3 heterocycles. The van der Waals surface area contributed by atoms with Crippen LogP contribution in [0.15, 0.2) is 54.6 Å². The zero-order valence-electron chi connectivity index (χ0n) is 12.7. The average Bonchev–Trinajstić information content (AvgIpc) is 3.24. The van der Waals surface area contributed by atoms with Gasteiger partial charge in [-0.2, -0.15) is 10.4 Å². The third-order valence-corrected chi connectivity index (χ3v) is 4.25. The highest BCUT2D eigenvalue weighted by Gasteiger charge is 2.17. The van der Waals surface area contributed by atoms with Gasteiger partial charge in [0.15, 0.2) is 0 Å². The Balaban J connectivity index is 1.78. The van der Waals surface area contributed by atoms with E-state index >= 15 is 0 Å². The van der Waals surface area contributed by atoms with Gasteiger partial charge in [-0.15, -0.1) is 0 Å². The van der Waals surface area contributed by atoms with E-state index in [1.165, 1.54) is 0 Å². The van der Waals surface area contributed by atoms with Crippen molar-refractivity contribution in [2.45, 2.75) is 13.3 Å². The minimum Gasteiger partial charge on any atom is -0.346 e. The molecule has 0 radical (unpaired) electrons. The molecule has 1 N–H and O–H groups in total. The van der Waals surface area contributed by atoms with Crippen LogP contribution in [-0.2, 0) is 0 Å². The summed E-state index contributed by atoms with van der Waals surface area (Å²) in [6.07, 6.45) is 12.3. The van der Waals surface area contributed by atoms with Gasteiger partial charge in [-0.05, 0) is 30.2 Å². The largest absolute Gasteiger partial charge is 0.346 e. The Morgan fingerprint density at radius 3 is 3.17 bits per heavy atom. The molecule has 0 fully saturated rings. The highest BCUT2D eigenvalue weighted by Crippen LogP contribution is 2.30. The number of hydrogen-bond donors (Lipinski definition) is 1. The van der Waals surface area contributed by atoms with E-state index in [9.17, 15) is 0 Å². The Bertz CT molecular complexity index is 980. The molecule has 0 saturated carbocycles. The first-order valence-electron chi connectivity index (χ1n) is 7.55. The van der Waals surface area contributed by atoms with Crippen molar-refractivity contribution in [3.05, 3.63) is 54.6 Å². The maximum absolute atomic E-state index is 9.12. The van der Waals surface area contributed by atoms with Gasteiger partial charge in [-0.3, -0.25) is 0 Å². The predicted molar refractivity (Wildman–Crippen MR) is 89.1 cm³/mol. The fraction of sp³-hybridized carbons (Fsp3) is 0.167. The molecule has 0 bridgehead atoms. The van der Waals surface area contributed by atoms with E-state index in [0.29, 0.717) is 11.5 Å². The molecule has 5 nitrogen and oxygen atoms in total. The quantitative estimate of drug-likeness (QED) is 0.783. The maximum Gasteiger partial charge on any atom is 0.137 e. The highest BCUT2D eigenvalue weighted by atomic mass is 15.3. The number of H-pyrrole nitrogens is 1. The third-order valence-electron chi connectivity index (χ3n) is 4.25. The summed E-state index contributed by atoms with van der Waals surface area (Å²) in [6.45, 7) is 2.15. The number of aromatic nitrogens is 4. The van der Waals surface area contributed by atoms with Gasteiger partial charge in [0, 0.05) is 46.7 Å². The minimum absolute atomic E-state index is 0.338. The standard InChI is InChI=1S/C18H15N5/c1-12-2-3-13(9-19)8-17(12)23-11-14(10-22-23)15-4-6-20-18-16(15)5-7-21-18/h3-8,10-12H,2H2,1H3,(H,20,21). The minimum atomic E-state index is 0.338. The van der Waals surface area contributed by atoms with E-state index in [-0.39, 0.29) is 0 Å². The van der Waals surface area contributed by atoms with Crippen molar-refractivity contribution >= 4 is 16.7 Å². The molecule has 0 spiro atoms. The second-order valence-corrected chi connectivity index (χ2v) is 5.75. The summed E-state index contributed by atoms with van der Waals surface area (Å²) in [4.78, 5) is 7.45. The Labute approximate surface area is 133 Å². The summed E-state index contributed by atoms with van der Waals surface area (Å²) in [5, 5.41) is 14.7. The van der Waals surface area contributed by atoms with Gasteiger partial charge in [-0.1, -0.05) is 13.0 Å². The molecule has 3 aromatic heterocycles. The normalized spacial score (nSPS) is 17.7. The van der Waals surface area contributed by atoms with E-state index in [4.69, 9.17) is 5.26 Å². The Morgan fingerprint density at radius 1 is 1.39 bits per heavy atom. The number of allylic oxidation sites excluding steroid dienone is 4. The number of hydrogen-bond acceptors (Lipinski definition) is 3. The Kier molecular flexibility index (Phi) is 3.09. The summed E-state index contributed by atoms with van der Waals surface area (Å²) >= 11 is 0. The number of pyridine rings is 1. The zero-order valence-corrected chi connectivity index (χ0v) is 12.7. The number of aromatic amines is 1. The van der Waals surface area contributed by atoms with Crippen LogP contribution in [0.3, 0.4) is 0 Å². The SMILES string of the molecule is CC1CC=C(C#N)C=C1n1cc(-c2ccnc3[nH]ccc23)cn1. The van der Waals surface area contributed by atoms with Gasteiger partial charge in [0.05, 0.1) is 12.3 Å². The summed E-state index contributed by atoms with van der Waals surface area (Å²) in [5.41, 5.74) is 4.76. The second-order valence-electron chi connectivity index (χ2n) is 5.75. The first kappa shape index (κ1) is 13.5. The number of nitrogens with zero attached hydrogens (tertiary/aromatic N) is 4. The van der Waals surface area contributed by atoms with E-state index in [1.54, 1.807) is 6.20 Å². The van der Waals surface area contributed by atoms with Crippen LogP contribution in [0.5, 0.6) is 0 Å². The lowest BCUT2D eigenvalue weighted by Crippen LogP contribution is -2.09. The van der Waals surface area contributed by atoms with Crippen LogP contribution in [0, 0.1) is 17.2 Å². The molecule has 1 aliphatic rings. The van der Waals surface area contributed by atoms with Crippen molar-refractivity contribution in [3.8, 4) is 17.2 Å². The fourth-order valence-electron chi connectivity index (χ4n) is 2.97. The van der Waals surface area contributed by atoms with Crippen molar-refractivity contribution in [2.75, 3.05) is 0 Å². The van der Waals surface area contributed by atoms with Gasteiger partial charge in [0.25, 0.3) is 0 Å². The molecule has 0 amide bonds. The summed E-state index contributed by atoms with van der Waals surface area (Å²) in [5.74, 6) is 0.338. The second kappa shape index (κ2) is 5.25. The van der Waals surface area contributed by atoms with Crippen LogP contribution in [0.25, 0.3) is 27.9 Å². The van der Waals surface area contributed by atoms with Crippen molar-refractivity contribution in [1.82, 2.24) is 19.7 Å². The van der Waals surface area contributed by atoms with Crippen LogP contribution in [-0.4, -0.2) is 19.7 Å². The van der Waals surface area contributed by atoms with Gasteiger partial charge < -0.3 is 4.98 Å². The highest BCUT2D eigenvalue weighted by molar-refractivity contribution is 5.92. The smallest absolute Gasteiger partial charge is 0.137 e. The number of fused-ring (bicyclic) bond motifs is 1. The third kappa shape index (κ3) is 2.25. The maximum atomic E-state index is 9.12. The lowest BCUT2D eigenvalue weighted by molar-refractivity contribution is 0.683. The van der Waals surface area contributed by atoms with Crippen LogP contribution < -0.4 is 0 Å². The van der Waals surface area contributed by atoms with Gasteiger partial charge in [0.2, 0.25) is 0 Å². The van der Waals surface area contributed by atoms with Gasteiger partial charge in [-0.25, -0.2) is 9.67 Å². The monoisotopic (exact) mass is 301 g/mol. The lowest BCUT2D eigenvalue weighted by Gasteiger charge is -2.18. The molecule has 1 unspecified atom stereocenters. The molecule has 4 rings (SSSR count). The van der Waals surface area contributed by atoms with Crippen molar-refractivity contribution in [3.63, 3.8) is 0 Å². The molecule has 112 valence electrons. The molecule has 3 aromatic rings. The van der Waals surface area contributed by atoms with Crippen molar-refractivity contribution in [1.29, 1.82) is 5.26 Å². The zero-order chi connectivity index (χ0) is 15.8. The van der Waals surface area contributed by atoms with Crippen LogP contribution in [0.4, 0.5) is 0 Å². The summed E-state index contributed by atoms with van der Waals surface area (Å²) in [6, 6.07) is 6.23. The Hall–Kier alpha value is -3.13. The first-order chi connectivity index (χ1) is 11.3. The molecule has 1 atom stereocenters. The summed E-state index contributed by atoms with van der Waals surface area (Å²) < 4.78 is 1.88. The molecule has 0 saturated heterocycles. The number of nitriles is 1. The van der Waals surface area contributed by atoms with Crippen molar-refractivity contribution < 1.29 is 0 Å². The topological polar surface area (TPSA) is 70.3 Å². The van der Waals surface area contributed by atoms with Crippen LogP contribution >= 0.6 is 0 Å². The van der Waals surface area contributed by atoms with E-state index in [0.717, 1.165) is 34.3 Å². The van der Waals surface area contributed by atoms with E-state index < -0.39 is 0 Å². The lowest BCUT2D eigenvalue weighted by atomic mass is 9.95. The van der Waals surface area contributed by atoms with Gasteiger partial charge >= 0.3 is 0 Å². The van der Waals surface area contributed by atoms with Gasteiger partial charge in [0.1, 0.15) is 5.65 Å². The molecule has 0 aromatic carbocycles. The number of nitrogens with one attached hydrogen (secondary N) is 1.